The first kappa shape index (κ1) is 12.5. The van der Waals surface area contributed by atoms with Gasteiger partial charge in [-0.2, -0.15) is 4.37 Å². The molecule has 2 heterocycles. The summed E-state index contributed by atoms with van der Waals surface area (Å²) >= 11 is 0.964. The number of likely N-dealkylation sites (N-methyl/N-ethyl adjacent to an activating group) is 1. The summed E-state index contributed by atoms with van der Waals surface area (Å²) in [4.78, 5) is 1.40. The van der Waals surface area contributed by atoms with Gasteiger partial charge in [0.2, 0.25) is 5.92 Å². The molecule has 0 radical (unpaired) electrons. The molecular weight excluding hydrogens is 296 g/mol. The monoisotopic (exact) mass is 320 g/mol. The Kier molecular flexibility index (Phi) is 4.31. The maximum Gasteiger partial charge on any atom is 0.253 e. The van der Waals surface area contributed by atoms with E-state index in [4.69, 9.17) is 8.85 Å². The summed E-state index contributed by atoms with van der Waals surface area (Å²) in [5.41, 5.74) is 1.26. The summed E-state index contributed by atoms with van der Waals surface area (Å²) in [7, 11) is 0. The topological polar surface area (TPSA) is 38.2 Å². The van der Waals surface area contributed by atoms with Crippen molar-refractivity contribution >= 4 is 17.3 Å². The minimum absolute atomic E-state index is 0.129. The fourth-order valence-electron chi connectivity index (χ4n) is 2.06. The van der Waals surface area contributed by atoms with Gasteiger partial charge in [-0.3, -0.25) is 0 Å². The Balaban J connectivity index is 1.94. The highest BCUT2D eigenvalue weighted by Gasteiger charge is 2.25. The zero-order chi connectivity index (χ0) is 17.8. The first-order valence-corrected chi connectivity index (χ1v) is 7.73. The highest BCUT2D eigenvalue weighted by atomic mass is 32.1. The Bertz CT molecular complexity index is 578. The van der Waals surface area contributed by atoms with Crippen LogP contribution in [-0.2, 0) is 0 Å². The van der Waals surface area contributed by atoms with Crippen molar-refractivity contribution in [3.63, 3.8) is 0 Å². The Morgan fingerprint density at radius 2 is 2.38 bits per heavy atom. The number of aromatic nitrogens is 2. The molecule has 0 saturated heterocycles. The Labute approximate surface area is 132 Å². The Morgan fingerprint density at radius 3 is 3.14 bits per heavy atom. The third-order valence-electron chi connectivity index (χ3n) is 3.36. The summed E-state index contributed by atoms with van der Waals surface area (Å²) in [5.74, 6) is -2.38. The van der Waals surface area contributed by atoms with Crippen molar-refractivity contribution in [2.45, 2.75) is 38.5 Å². The third kappa shape index (κ3) is 4.71. The number of hydrogen-bond donors (Lipinski definition) is 0. The average molecular weight is 320 g/mol. The van der Waals surface area contributed by atoms with Crippen molar-refractivity contribution in [3.05, 3.63) is 11.8 Å². The van der Waals surface area contributed by atoms with Crippen LogP contribution in [0.2, 0.25) is 0 Å². The fraction of sp³-hybridized carbons (Fsp3) is 0.714. The van der Waals surface area contributed by atoms with Gasteiger partial charge in [-0.15, -0.1) is 4.37 Å². The second-order valence-corrected chi connectivity index (χ2v) is 5.55. The first-order valence-electron chi connectivity index (χ1n) is 8.50. The van der Waals surface area contributed by atoms with E-state index in [2.05, 4.69) is 8.75 Å². The van der Waals surface area contributed by atoms with Crippen LogP contribution >= 0.6 is 11.7 Å². The summed E-state index contributed by atoms with van der Waals surface area (Å²) < 4.78 is 62.6. The van der Waals surface area contributed by atoms with Gasteiger partial charge in [0.15, 0.2) is 0 Å². The number of halogens is 2. The van der Waals surface area contributed by atoms with E-state index in [0.29, 0.717) is 24.5 Å². The van der Waals surface area contributed by atoms with Crippen molar-refractivity contribution < 1.29 is 17.6 Å². The lowest BCUT2D eigenvalue weighted by atomic mass is 10.1. The van der Waals surface area contributed by atoms with Crippen LogP contribution in [0, 0.1) is 0 Å². The van der Waals surface area contributed by atoms with E-state index in [0.717, 1.165) is 17.3 Å². The molecule has 1 aromatic heterocycles. The van der Waals surface area contributed by atoms with Gasteiger partial charge in [-0.1, -0.05) is 13.0 Å². The molecular formula is C14H21F2N3OS. The zero-order valence-corrected chi connectivity index (χ0v) is 12.8. The maximum absolute atomic E-state index is 13.2. The van der Waals surface area contributed by atoms with Crippen LogP contribution < -0.4 is 4.74 Å². The number of ether oxygens (including phenoxy) is 1. The van der Waals surface area contributed by atoms with Crippen LogP contribution in [0.3, 0.4) is 0 Å². The van der Waals surface area contributed by atoms with Gasteiger partial charge in [0.1, 0.15) is 5.69 Å². The van der Waals surface area contributed by atoms with E-state index < -0.39 is 12.9 Å². The Hall–Kier alpha value is -1.08. The number of hydrogen-bond acceptors (Lipinski definition) is 5. The third-order valence-corrected chi connectivity index (χ3v) is 3.87. The summed E-state index contributed by atoms with van der Waals surface area (Å²) in [6.07, 6.45) is 2.34. The molecule has 0 amide bonds. The molecule has 118 valence electrons. The van der Waals surface area contributed by atoms with Crippen LogP contribution in [0.1, 0.15) is 42.4 Å². The van der Waals surface area contributed by atoms with Gasteiger partial charge in [-0.05, 0) is 25.4 Å². The van der Waals surface area contributed by atoms with Gasteiger partial charge in [0.05, 0.1) is 18.3 Å². The van der Waals surface area contributed by atoms with Crippen molar-refractivity contribution in [2.75, 3.05) is 26.7 Å². The smallest absolute Gasteiger partial charge is 0.253 e. The van der Waals surface area contributed by atoms with Crippen LogP contribution in [0.15, 0.2) is 6.08 Å². The SMILES string of the molecule is [2H]C([2H])([2H])N1CCC=C(c2nsnc2OCCCC(F)(F)CC)C1. The molecule has 1 aliphatic rings. The quantitative estimate of drug-likeness (QED) is 0.721. The van der Waals surface area contributed by atoms with E-state index in [1.165, 1.54) is 11.8 Å². The van der Waals surface area contributed by atoms with Crippen molar-refractivity contribution in [2.24, 2.45) is 0 Å². The second-order valence-electron chi connectivity index (χ2n) is 5.02. The minimum Gasteiger partial charge on any atom is -0.475 e. The van der Waals surface area contributed by atoms with Crippen molar-refractivity contribution in [3.8, 4) is 5.88 Å². The molecule has 1 aromatic rings. The predicted octanol–water partition coefficient (Wildman–Crippen LogP) is 3.46. The molecule has 21 heavy (non-hydrogen) atoms. The standard InChI is InChI=1S/C14H21F2N3OS/c1-3-14(15,16)7-5-9-20-13-12(17-21-18-13)11-6-4-8-19(2)10-11/h6H,3-5,7-10H2,1-2H3/i2D3. The molecule has 0 aliphatic carbocycles. The first-order chi connectivity index (χ1) is 11.2. The lowest BCUT2D eigenvalue weighted by Crippen LogP contribution is -2.25. The van der Waals surface area contributed by atoms with Crippen molar-refractivity contribution in [1.82, 2.24) is 13.6 Å². The van der Waals surface area contributed by atoms with E-state index in [9.17, 15) is 8.78 Å². The average Bonchev–Trinajstić information content (AvgIpc) is 2.99. The fourth-order valence-corrected chi connectivity index (χ4v) is 2.59. The van der Waals surface area contributed by atoms with Crippen LogP contribution in [0.4, 0.5) is 8.78 Å². The molecule has 0 bridgehead atoms. The summed E-state index contributed by atoms with van der Waals surface area (Å²) in [6, 6.07) is 0. The van der Waals surface area contributed by atoms with Gasteiger partial charge in [0.25, 0.3) is 5.88 Å². The molecule has 2 rings (SSSR count). The van der Waals surface area contributed by atoms with E-state index in [1.807, 2.05) is 6.08 Å². The summed E-state index contributed by atoms with van der Waals surface area (Å²) in [5, 5.41) is 0. The molecule has 4 nitrogen and oxygen atoms in total. The Morgan fingerprint density at radius 1 is 1.52 bits per heavy atom. The molecule has 1 aliphatic heterocycles. The molecule has 0 atom stereocenters. The van der Waals surface area contributed by atoms with Crippen LogP contribution in [0.5, 0.6) is 5.88 Å². The maximum atomic E-state index is 13.2. The van der Waals surface area contributed by atoms with E-state index in [-0.39, 0.29) is 32.4 Å². The van der Waals surface area contributed by atoms with Gasteiger partial charge in [-0.25, -0.2) is 8.78 Å². The normalized spacial score (nSPS) is 19.6. The lowest BCUT2D eigenvalue weighted by molar-refractivity contribution is -0.0159. The molecule has 0 spiro atoms. The van der Waals surface area contributed by atoms with Crippen LogP contribution in [0.25, 0.3) is 5.57 Å². The predicted molar refractivity (Wildman–Crippen MR) is 80.0 cm³/mol. The lowest BCUT2D eigenvalue weighted by Gasteiger charge is -2.22. The molecule has 0 N–H and O–H groups in total. The van der Waals surface area contributed by atoms with Gasteiger partial charge >= 0.3 is 0 Å². The van der Waals surface area contributed by atoms with E-state index >= 15 is 0 Å². The largest absolute Gasteiger partial charge is 0.475 e. The molecule has 0 fully saturated rings. The highest BCUT2D eigenvalue weighted by molar-refractivity contribution is 6.99. The van der Waals surface area contributed by atoms with Gasteiger partial charge < -0.3 is 9.64 Å². The zero-order valence-electron chi connectivity index (χ0n) is 14.9. The minimum atomic E-state index is -2.67. The van der Waals surface area contributed by atoms with Crippen molar-refractivity contribution in [1.29, 1.82) is 0 Å². The van der Waals surface area contributed by atoms with Gasteiger partial charge in [0, 0.05) is 30.0 Å². The molecule has 0 aromatic carbocycles. The molecule has 0 unspecified atom stereocenters. The highest BCUT2D eigenvalue weighted by Crippen LogP contribution is 2.28. The molecule has 7 heteroatoms. The molecule has 0 saturated carbocycles. The van der Waals surface area contributed by atoms with Crippen LogP contribution in [-0.4, -0.2) is 46.2 Å². The second kappa shape index (κ2) is 7.26. The number of nitrogens with zero attached hydrogens (tertiary/aromatic N) is 3. The number of rotatable bonds is 7. The van der Waals surface area contributed by atoms with E-state index in [1.54, 1.807) is 0 Å². The summed E-state index contributed by atoms with van der Waals surface area (Å²) in [6.45, 7) is 0.127. The number of alkyl halides is 2.